The first-order valence-electron chi connectivity index (χ1n) is 17.3. The van der Waals surface area contributed by atoms with Gasteiger partial charge in [0, 0.05) is 0 Å². The zero-order chi connectivity index (χ0) is 33.0. The van der Waals surface area contributed by atoms with E-state index in [0.717, 1.165) is 0 Å². The molecule has 0 fully saturated rings. The summed E-state index contributed by atoms with van der Waals surface area (Å²) in [4.78, 5) is 0. The lowest BCUT2D eigenvalue weighted by Gasteiger charge is -2.20. The molecule has 0 aliphatic carbocycles. The van der Waals surface area contributed by atoms with Crippen molar-refractivity contribution in [2.45, 2.75) is 0 Å². The van der Waals surface area contributed by atoms with E-state index in [-0.39, 0.29) is 0 Å². The van der Waals surface area contributed by atoms with E-state index in [4.69, 9.17) is 0 Å². The smallest absolute Gasteiger partial charge is 0.00139 e. The molecule has 0 saturated heterocycles. The summed E-state index contributed by atoms with van der Waals surface area (Å²) in [6.45, 7) is 0. The third kappa shape index (κ3) is 4.69. The van der Waals surface area contributed by atoms with Crippen LogP contribution in [0.25, 0.3) is 99.0 Å². The lowest BCUT2D eigenvalue weighted by molar-refractivity contribution is 1.67. The molecule has 0 nitrogen and oxygen atoms in total. The summed E-state index contributed by atoms with van der Waals surface area (Å²) >= 11 is 0. The van der Waals surface area contributed by atoms with Crippen molar-refractivity contribution in [3.63, 3.8) is 0 Å². The highest BCUT2D eigenvalue weighted by atomic mass is 14.2. The third-order valence-corrected chi connectivity index (χ3v) is 10.3. The third-order valence-electron chi connectivity index (χ3n) is 10.3. The van der Waals surface area contributed by atoms with Gasteiger partial charge in [-0.2, -0.15) is 0 Å². The number of hydrogen-bond donors (Lipinski definition) is 0. The maximum atomic E-state index is 2.37. The molecule has 0 amide bonds. The van der Waals surface area contributed by atoms with Crippen molar-refractivity contribution >= 4 is 76.8 Å². The summed E-state index contributed by atoms with van der Waals surface area (Å²) in [5, 5.41) is 15.2. The first-order valence-corrected chi connectivity index (χ1v) is 17.3. The van der Waals surface area contributed by atoms with Gasteiger partial charge >= 0.3 is 0 Å². The number of rotatable bonds is 4. The lowest BCUT2D eigenvalue weighted by Crippen LogP contribution is -1.93. The van der Waals surface area contributed by atoms with Crippen LogP contribution in [-0.4, -0.2) is 0 Å². The van der Waals surface area contributed by atoms with Gasteiger partial charge in [-0.25, -0.2) is 0 Å². The first kappa shape index (κ1) is 28.5. The highest BCUT2D eigenvalue weighted by Crippen LogP contribution is 2.47. The quantitative estimate of drug-likeness (QED) is 0.134. The topological polar surface area (TPSA) is 0 Å². The summed E-state index contributed by atoms with van der Waals surface area (Å²) in [5.74, 6) is 0. The van der Waals surface area contributed by atoms with Crippen LogP contribution in [0.5, 0.6) is 0 Å². The predicted molar refractivity (Wildman–Crippen MR) is 218 cm³/mol. The van der Waals surface area contributed by atoms with Crippen molar-refractivity contribution in [1.82, 2.24) is 0 Å². The summed E-state index contributed by atoms with van der Waals surface area (Å²) in [6.07, 6.45) is 4.43. The second-order valence-corrected chi connectivity index (χ2v) is 13.3. The largest absolute Gasteiger partial charge is 0.0616 e. The van der Waals surface area contributed by atoms with Gasteiger partial charge in [-0.1, -0.05) is 170 Å². The van der Waals surface area contributed by atoms with Crippen molar-refractivity contribution in [3.8, 4) is 22.3 Å². The Hall–Kier alpha value is -6.50. The molecule has 10 rings (SSSR count). The Kier molecular flexibility index (Phi) is 6.60. The molecule has 0 spiro atoms. The molecule has 0 N–H and O–H groups in total. The fourth-order valence-electron chi connectivity index (χ4n) is 8.02. The second-order valence-electron chi connectivity index (χ2n) is 13.3. The van der Waals surface area contributed by atoms with Gasteiger partial charge in [-0.05, 0) is 122 Å². The molecule has 0 bridgehead atoms. The fraction of sp³-hybridized carbons (Fsp3) is 0. The molecule has 0 radical (unpaired) electrons. The Balaban J connectivity index is 1.14. The van der Waals surface area contributed by atoms with Crippen LogP contribution < -0.4 is 0 Å². The highest BCUT2D eigenvalue weighted by molar-refractivity contribution is 6.27. The van der Waals surface area contributed by atoms with Gasteiger partial charge in [0.2, 0.25) is 0 Å². The Morgan fingerprint density at radius 1 is 0.240 bits per heavy atom. The van der Waals surface area contributed by atoms with Gasteiger partial charge in [0.05, 0.1) is 0 Å². The average molecular weight is 633 g/mol. The van der Waals surface area contributed by atoms with E-state index in [2.05, 4.69) is 194 Å². The number of hydrogen-bond acceptors (Lipinski definition) is 0. The van der Waals surface area contributed by atoms with Crippen LogP contribution in [0.3, 0.4) is 0 Å². The standard InChI is InChI=1S/C50H32/c1-2-12-36-29-33(23-25-35(36)11-1)21-22-34-24-26-38-31-41(28-27-37(38)30-34)48-44-17-7-9-19-46(44)50(47-20-10-8-18-45(47)48)49-42-15-5-3-13-39(42)32-40-14-4-6-16-43(40)49/h1-32H/b22-21+. The summed E-state index contributed by atoms with van der Waals surface area (Å²) in [7, 11) is 0. The maximum absolute atomic E-state index is 2.37. The SMILES string of the molecule is C(=C\c1ccc2cc(-c3c4ccccc4c(-c4c5ccccc5cc5ccccc45)c4ccccc34)ccc2c1)/c1ccc2ccccc2c1. The molecule has 0 unspecified atom stereocenters. The fourth-order valence-corrected chi connectivity index (χ4v) is 8.02. The average Bonchev–Trinajstić information content (AvgIpc) is 3.18. The molecule has 0 saturated carbocycles. The molecule has 0 aliphatic rings. The summed E-state index contributed by atoms with van der Waals surface area (Å²) < 4.78 is 0. The molecule has 0 aromatic heterocycles. The monoisotopic (exact) mass is 632 g/mol. The van der Waals surface area contributed by atoms with Crippen LogP contribution in [0.2, 0.25) is 0 Å². The molecule has 0 aliphatic heterocycles. The minimum atomic E-state index is 1.20. The molecule has 10 aromatic carbocycles. The lowest BCUT2D eigenvalue weighted by atomic mass is 9.83. The first-order chi connectivity index (χ1) is 24.8. The van der Waals surface area contributed by atoms with E-state index in [9.17, 15) is 0 Å². The Morgan fingerprint density at radius 3 is 1.20 bits per heavy atom. The summed E-state index contributed by atoms with van der Waals surface area (Å²) in [5.41, 5.74) is 7.53. The molecular formula is C50H32. The van der Waals surface area contributed by atoms with Crippen molar-refractivity contribution in [1.29, 1.82) is 0 Å². The number of fused-ring (bicyclic) bond motifs is 6. The normalized spacial score (nSPS) is 11.9. The van der Waals surface area contributed by atoms with E-state index in [1.165, 1.54) is 98.0 Å². The van der Waals surface area contributed by atoms with Crippen LogP contribution in [0.4, 0.5) is 0 Å². The van der Waals surface area contributed by atoms with E-state index < -0.39 is 0 Å². The number of benzene rings is 10. The van der Waals surface area contributed by atoms with E-state index in [0.29, 0.717) is 0 Å². The van der Waals surface area contributed by atoms with Crippen LogP contribution in [-0.2, 0) is 0 Å². The van der Waals surface area contributed by atoms with Crippen LogP contribution in [0.1, 0.15) is 11.1 Å². The molecule has 232 valence electrons. The maximum Gasteiger partial charge on any atom is -0.00139 e. The highest BCUT2D eigenvalue weighted by Gasteiger charge is 2.20. The van der Waals surface area contributed by atoms with Gasteiger partial charge < -0.3 is 0 Å². The van der Waals surface area contributed by atoms with Gasteiger partial charge in [0.15, 0.2) is 0 Å². The van der Waals surface area contributed by atoms with Crippen molar-refractivity contribution in [2.24, 2.45) is 0 Å². The van der Waals surface area contributed by atoms with E-state index in [1.54, 1.807) is 0 Å². The van der Waals surface area contributed by atoms with Crippen molar-refractivity contribution in [2.75, 3.05) is 0 Å². The Labute approximate surface area is 291 Å². The van der Waals surface area contributed by atoms with Crippen LogP contribution in [0.15, 0.2) is 182 Å². The van der Waals surface area contributed by atoms with Crippen LogP contribution >= 0.6 is 0 Å². The molecule has 10 aromatic rings. The predicted octanol–water partition coefficient (Wildman–Crippen LogP) is 14.1. The van der Waals surface area contributed by atoms with Crippen LogP contribution in [0, 0.1) is 0 Å². The van der Waals surface area contributed by atoms with E-state index >= 15 is 0 Å². The summed E-state index contributed by atoms with van der Waals surface area (Å²) in [6, 6.07) is 66.9. The molecule has 0 heteroatoms. The van der Waals surface area contributed by atoms with E-state index in [1.807, 2.05) is 0 Å². The van der Waals surface area contributed by atoms with Gasteiger partial charge in [0.25, 0.3) is 0 Å². The van der Waals surface area contributed by atoms with Gasteiger partial charge in [0.1, 0.15) is 0 Å². The van der Waals surface area contributed by atoms with Gasteiger partial charge in [-0.15, -0.1) is 0 Å². The van der Waals surface area contributed by atoms with Crippen molar-refractivity contribution in [3.05, 3.63) is 193 Å². The Morgan fingerprint density at radius 2 is 0.620 bits per heavy atom. The molecule has 0 heterocycles. The zero-order valence-electron chi connectivity index (χ0n) is 27.5. The van der Waals surface area contributed by atoms with Crippen molar-refractivity contribution < 1.29 is 0 Å². The minimum Gasteiger partial charge on any atom is -0.0616 e. The van der Waals surface area contributed by atoms with Gasteiger partial charge in [-0.3, -0.25) is 0 Å². The minimum absolute atomic E-state index is 1.20. The second kappa shape index (κ2) is 11.6. The molecule has 0 atom stereocenters. The molecular weight excluding hydrogens is 601 g/mol. The zero-order valence-corrected chi connectivity index (χ0v) is 27.5. The molecule has 50 heavy (non-hydrogen) atoms. The Bertz CT molecular complexity index is 2870.